The van der Waals surface area contributed by atoms with E-state index < -0.39 is 0 Å². The molecule has 0 N–H and O–H groups in total. The maximum absolute atomic E-state index is 6.16. The van der Waals surface area contributed by atoms with Crippen LogP contribution < -0.4 is 0 Å². The van der Waals surface area contributed by atoms with Gasteiger partial charge >= 0.3 is 0 Å². The Bertz CT molecular complexity index is 150. The minimum absolute atomic E-state index is 0.532. The van der Waals surface area contributed by atoms with Crippen LogP contribution in [0, 0.1) is 23.7 Å². The molecule has 4 aliphatic carbocycles. The summed E-state index contributed by atoms with van der Waals surface area (Å²) in [4.78, 5) is 0.787. The zero-order chi connectivity index (χ0) is 6.17. The van der Waals surface area contributed by atoms with Gasteiger partial charge in [-0.05, 0) is 30.1 Å². The van der Waals surface area contributed by atoms with Gasteiger partial charge in [0.05, 0.1) is 0 Å². The monoisotopic (exact) mass is 206 g/mol. The van der Waals surface area contributed by atoms with Gasteiger partial charge in [0.1, 0.15) is 0 Å². The van der Waals surface area contributed by atoms with E-state index in [-0.39, 0.29) is 0 Å². The van der Waals surface area contributed by atoms with Crippen molar-refractivity contribution in [2.75, 3.05) is 0 Å². The van der Waals surface area contributed by atoms with E-state index in [0.29, 0.717) is 5.38 Å². The van der Waals surface area contributed by atoms with Gasteiger partial charge in [-0.3, -0.25) is 0 Å². The Kier molecular flexibility index (Phi) is 0.816. The van der Waals surface area contributed by atoms with Crippen molar-refractivity contribution in [3.05, 3.63) is 0 Å². The first-order valence-electron chi connectivity index (χ1n) is 3.59. The Morgan fingerprint density at radius 2 is 2.00 bits per heavy atom. The van der Waals surface area contributed by atoms with Crippen LogP contribution in [-0.4, -0.2) is 10.2 Å². The summed E-state index contributed by atoms with van der Waals surface area (Å²) in [5, 5.41) is 0.532. The molecular formula is C7H8BrCl. The summed E-state index contributed by atoms with van der Waals surface area (Å²) in [5.74, 6) is 3.76. The minimum Gasteiger partial charge on any atom is -0.122 e. The molecule has 9 heavy (non-hydrogen) atoms. The van der Waals surface area contributed by atoms with Crippen LogP contribution in [0.15, 0.2) is 0 Å². The lowest BCUT2D eigenvalue weighted by atomic mass is 10.1. The zero-order valence-electron chi connectivity index (χ0n) is 4.93. The van der Waals surface area contributed by atoms with Gasteiger partial charge in [-0.1, -0.05) is 15.9 Å². The third-order valence-electron chi connectivity index (χ3n) is 3.39. The van der Waals surface area contributed by atoms with E-state index in [1.54, 1.807) is 0 Å². The number of alkyl halides is 2. The summed E-state index contributed by atoms with van der Waals surface area (Å²) in [6.45, 7) is 0. The fourth-order valence-corrected chi connectivity index (χ4v) is 5.04. The Morgan fingerprint density at radius 1 is 1.22 bits per heavy atom. The topological polar surface area (TPSA) is 0 Å². The fourth-order valence-electron chi connectivity index (χ4n) is 2.96. The lowest BCUT2D eigenvalue weighted by molar-refractivity contribution is 0.627. The first kappa shape index (κ1) is 5.42. The maximum atomic E-state index is 6.16. The minimum atomic E-state index is 0.532. The molecule has 4 rings (SSSR count). The van der Waals surface area contributed by atoms with Crippen LogP contribution in [0.2, 0.25) is 0 Å². The molecule has 4 fully saturated rings. The molecule has 0 saturated heterocycles. The largest absolute Gasteiger partial charge is 0.122 e. The van der Waals surface area contributed by atoms with Crippen molar-refractivity contribution >= 4 is 27.5 Å². The molecule has 0 aromatic carbocycles. The Hall–Kier alpha value is 0.770. The van der Waals surface area contributed by atoms with Crippen molar-refractivity contribution in [2.24, 2.45) is 23.7 Å². The highest BCUT2D eigenvalue weighted by atomic mass is 79.9. The average molecular weight is 207 g/mol. The number of rotatable bonds is 0. The normalized spacial score (nSPS) is 75.3. The van der Waals surface area contributed by atoms with Crippen molar-refractivity contribution in [3.8, 4) is 0 Å². The smallest absolute Gasteiger partial charge is 0.0409 e. The van der Waals surface area contributed by atoms with Crippen molar-refractivity contribution in [2.45, 2.75) is 16.6 Å². The van der Waals surface area contributed by atoms with Gasteiger partial charge in [0.25, 0.3) is 0 Å². The highest BCUT2D eigenvalue weighted by Gasteiger charge is 2.72. The standard InChI is InChI=1S/C7H8BrCl/c8-6-3-1-2-4(6)5(2)7(3)9/h2-7H,1H2. The number of halogens is 2. The highest BCUT2D eigenvalue weighted by Crippen LogP contribution is 2.73. The molecule has 6 unspecified atom stereocenters. The molecule has 4 bridgehead atoms. The Morgan fingerprint density at radius 3 is 2.11 bits per heavy atom. The molecule has 0 nitrogen and oxygen atoms in total. The molecular weight excluding hydrogens is 199 g/mol. The first-order chi connectivity index (χ1) is 4.30. The number of hydrogen-bond donors (Lipinski definition) is 0. The maximum Gasteiger partial charge on any atom is 0.0409 e. The van der Waals surface area contributed by atoms with Gasteiger partial charge in [0.15, 0.2) is 0 Å². The van der Waals surface area contributed by atoms with E-state index >= 15 is 0 Å². The SMILES string of the molecule is ClC1C2CC3C1C3C2Br. The van der Waals surface area contributed by atoms with Gasteiger partial charge in [0.2, 0.25) is 0 Å². The van der Waals surface area contributed by atoms with Crippen LogP contribution in [0.25, 0.3) is 0 Å². The number of hydrogen-bond acceptors (Lipinski definition) is 0. The summed E-state index contributed by atoms with van der Waals surface area (Å²) in [6, 6.07) is 0. The van der Waals surface area contributed by atoms with Crippen molar-refractivity contribution in [1.29, 1.82) is 0 Å². The fraction of sp³-hybridized carbons (Fsp3) is 1.00. The van der Waals surface area contributed by atoms with Crippen LogP contribution in [-0.2, 0) is 0 Å². The average Bonchev–Trinajstić information content (AvgIpc) is 2.18. The van der Waals surface area contributed by atoms with E-state index in [9.17, 15) is 0 Å². The van der Waals surface area contributed by atoms with Crippen molar-refractivity contribution < 1.29 is 0 Å². The van der Waals surface area contributed by atoms with Gasteiger partial charge in [0, 0.05) is 10.2 Å². The molecule has 0 aromatic heterocycles. The highest BCUT2D eigenvalue weighted by molar-refractivity contribution is 9.09. The van der Waals surface area contributed by atoms with Gasteiger partial charge < -0.3 is 0 Å². The van der Waals surface area contributed by atoms with E-state index in [0.717, 1.165) is 28.5 Å². The van der Waals surface area contributed by atoms with Crippen LogP contribution in [0.1, 0.15) is 6.42 Å². The Balaban J connectivity index is 2.07. The van der Waals surface area contributed by atoms with E-state index in [1.807, 2.05) is 0 Å². The van der Waals surface area contributed by atoms with Crippen LogP contribution in [0.5, 0.6) is 0 Å². The van der Waals surface area contributed by atoms with E-state index in [4.69, 9.17) is 11.6 Å². The molecule has 2 heteroatoms. The molecule has 0 heterocycles. The second kappa shape index (κ2) is 1.35. The second-order valence-corrected chi connectivity index (χ2v) is 5.17. The zero-order valence-corrected chi connectivity index (χ0v) is 7.27. The lowest BCUT2D eigenvalue weighted by Gasteiger charge is -2.07. The van der Waals surface area contributed by atoms with Gasteiger partial charge in [-0.2, -0.15) is 0 Å². The quantitative estimate of drug-likeness (QED) is 0.535. The van der Waals surface area contributed by atoms with Gasteiger partial charge in [-0.25, -0.2) is 0 Å². The summed E-state index contributed by atoms with van der Waals surface area (Å²) >= 11 is 9.87. The third kappa shape index (κ3) is 0.425. The van der Waals surface area contributed by atoms with Crippen LogP contribution in [0.3, 0.4) is 0 Å². The molecule has 4 saturated carbocycles. The van der Waals surface area contributed by atoms with E-state index in [1.165, 1.54) is 6.42 Å². The molecule has 4 aliphatic rings. The molecule has 0 aliphatic heterocycles. The molecule has 6 atom stereocenters. The van der Waals surface area contributed by atoms with Crippen molar-refractivity contribution in [3.63, 3.8) is 0 Å². The lowest BCUT2D eigenvalue weighted by Crippen LogP contribution is -2.10. The summed E-state index contributed by atoms with van der Waals surface area (Å²) in [7, 11) is 0. The molecule has 0 spiro atoms. The second-order valence-electron chi connectivity index (χ2n) is 3.61. The van der Waals surface area contributed by atoms with Crippen LogP contribution in [0.4, 0.5) is 0 Å². The summed E-state index contributed by atoms with van der Waals surface area (Å²) in [6.07, 6.45) is 1.42. The predicted molar refractivity (Wildman–Crippen MR) is 40.9 cm³/mol. The molecule has 0 amide bonds. The Labute approximate surface area is 68.1 Å². The summed E-state index contributed by atoms with van der Waals surface area (Å²) < 4.78 is 0. The predicted octanol–water partition coefficient (Wildman–Crippen LogP) is 2.25. The van der Waals surface area contributed by atoms with Crippen LogP contribution >= 0.6 is 27.5 Å². The van der Waals surface area contributed by atoms with E-state index in [2.05, 4.69) is 15.9 Å². The first-order valence-corrected chi connectivity index (χ1v) is 4.94. The van der Waals surface area contributed by atoms with Crippen molar-refractivity contribution in [1.82, 2.24) is 0 Å². The molecule has 0 radical (unpaired) electrons. The molecule has 50 valence electrons. The van der Waals surface area contributed by atoms with Gasteiger partial charge in [-0.15, -0.1) is 11.6 Å². The summed E-state index contributed by atoms with van der Waals surface area (Å²) in [5.41, 5.74) is 0. The molecule has 0 aromatic rings. The third-order valence-corrected chi connectivity index (χ3v) is 5.29.